The zero-order valence-electron chi connectivity index (χ0n) is 51.3. The molecule has 0 saturated heterocycles. The van der Waals surface area contributed by atoms with E-state index in [1.165, 1.54) is 0 Å². The SMILES string of the molecule is CC(C)(C)c1nc2c(Br)cc[c-]c2c2nc3cc(-c4ccccc4-c4cc(-c5ccccc5-c5ccc6c(c5)nc5c7[c-]ccc(Br)c7nc(C(C)(C)C)n65)cc(-c5ccccc5-c5ccc6c(c5)nc5c7[c-]ccc(Br)c7nc(C(C)(C)C)n65)c4)ccc3n12.[Ir+3]. The van der Waals surface area contributed by atoms with Gasteiger partial charge in [-0.15, -0.1) is 54.6 Å². The molecule has 9 nitrogen and oxygen atoms in total. The summed E-state index contributed by atoms with van der Waals surface area (Å²) in [6.45, 7) is 19.8. The van der Waals surface area contributed by atoms with Crippen molar-refractivity contribution < 1.29 is 20.1 Å². The summed E-state index contributed by atoms with van der Waals surface area (Å²) < 4.78 is 9.42. The van der Waals surface area contributed by atoms with Crippen LogP contribution in [-0.4, -0.2) is 43.1 Å². The van der Waals surface area contributed by atoms with Crippen molar-refractivity contribution in [1.82, 2.24) is 43.1 Å². The van der Waals surface area contributed by atoms with Gasteiger partial charge in [0.1, 0.15) is 17.5 Å². The first-order chi connectivity index (χ1) is 43.2. The molecule has 0 N–H and O–H groups in total. The monoisotopic (exact) mass is 1550 g/mol. The van der Waals surface area contributed by atoms with Gasteiger partial charge in [0.15, 0.2) is 0 Å². The normalized spacial score (nSPS) is 12.5. The Bertz CT molecular complexity index is 5170. The van der Waals surface area contributed by atoms with Crippen LogP contribution < -0.4 is 0 Å². The number of hydrogen-bond acceptors (Lipinski definition) is 6. The van der Waals surface area contributed by atoms with E-state index in [-0.39, 0.29) is 36.4 Å². The molecule has 0 radical (unpaired) electrons. The second-order valence-electron chi connectivity index (χ2n) is 26.6. The molecule has 0 amide bonds. The van der Waals surface area contributed by atoms with Gasteiger partial charge in [0.05, 0.1) is 50.0 Å². The first-order valence-corrected chi connectivity index (χ1v) is 32.6. The zero-order valence-corrected chi connectivity index (χ0v) is 58.5. The Balaban J connectivity index is 0.00000689. The van der Waals surface area contributed by atoms with E-state index < -0.39 is 0 Å². The molecule has 0 fully saturated rings. The van der Waals surface area contributed by atoms with Gasteiger partial charge in [-0.25, -0.2) is 0 Å². The van der Waals surface area contributed by atoms with Gasteiger partial charge in [-0.3, -0.25) is 29.9 Å². The molecule has 0 aliphatic heterocycles. The number of imidazole rings is 3. The molecular formula is C78H57Br3IrN9. The number of fused-ring (bicyclic) bond motifs is 15. The minimum absolute atomic E-state index is 0. The Hall–Kier alpha value is -8.29. The fraction of sp³-hybridized carbons (Fsp3) is 0.154. The summed E-state index contributed by atoms with van der Waals surface area (Å²) in [7, 11) is 0. The second-order valence-corrected chi connectivity index (χ2v) is 29.1. The molecule has 0 aliphatic carbocycles. The molecule has 91 heavy (non-hydrogen) atoms. The summed E-state index contributed by atoms with van der Waals surface area (Å²) in [5.74, 6) is 2.80. The Morgan fingerprint density at radius 3 is 0.813 bits per heavy atom. The zero-order chi connectivity index (χ0) is 61.9. The summed E-state index contributed by atoms with van der Waals surface area (Å²) in [5.41, 5.74) is 22.8. The summed E-state index contributed by atoms with van der Waals surface area (Å²) in [5, 5.41) is 2.62. The third-order valence-corrected chi connectivity index (χ3v) is 19.2. The van der Waals surface area contributed by atoms with Gasteiger partial charge in [0.25, 0.3) is 0 Å². The molecule has 16 aromatic rings. The third-order valence-electron chi connectivity index (χ3n) is 17.3. The molecule has 0 atom stereocenters. The van der Waals surface area contributed by atoms with Gasteiger partial charge in [-0.1, -0.05) is 217 Å². The Morgan fingerprint density at radius 2 is 0.560 bits per heavy atom. The predicted molar refractivity (Wildman–Crippen MR) is 379 cm³/mol. The van der Waals surface area contributed by atoms with Crippen molar-refractivity contribution in [2.24, 2.45) is 0 Å². The van der Waals surface area contributed by atoms with E-state index in [9.17, 15) is 0 Å². The Kier molecular flexibility index (Phi) is 14.1. The molecule has 0 bridgehead atoms. The molecule has 16 rings (SSSR count). The van der Waals surface area contributed by atoms with Crippen LogP contribution in [0.15, 0.2) is 195 Å². The van der Waals surface area contributed by atoms with Crippen molar-refractivity contribution in [2.75, 3.05) is 0 Å². The van der Waals surface area contributed by atoms with Crippen LogP contribution in [0.25, 0.3) is 150 Å². The largest absolute Gasteiger partial charge is 3.00 e. The Morgan fingerprint density at radius 1 is 0.308 bits per heavy atom. The topological polar surface area (TPSA) is 90.6 Å². The number of benzene rings is 10. The number of aromatic nitrogens is 9. The first kappa shape index (κ1) is 59.0. The minimum Gasteiger partial charge on any atom is -0.321 e. The van der Waals surface area contributed by atoms with Gasteiger partial charge in [0, 0.05) is 16.2 Å². The van der Waals surface area contributed by atoms with Crippen LogP contribution in [0.4, 0.5) is 0 Å². The van der Waals surface area contributed by atoms with Crippen LogP contribution in [0, 0.1) is 18.2 Å². The van der Waals surface area contributed by atoms with Crippen LogP contribution in [0.2, 0.25) is 0 Å². The van der Waals surface area contributed by atoms with Crippen LogP contribution in [0.3, 0.4) is 0 Å². The summed E-state index contributed by atoms with van der Waals surface area (Å²) >= 11 is 11.4. The maximum atomic E-state index is 5.40. The van der Waals surface area contributed by atoms with Gasteiger partial charge in [0.2, 0.25) is 0 Å². The van der Waals surface area contributed by atoms with E-state index in [2.05, 4.69) is 287 Å². The smallest absolute Gasteiger partial charge is 0.321 e. The minimum atomic E-state index is -0.276. The van der Waals surface area contributed by atoms with Crippen molar-refractivity contribution >= 4 is 131 Å². The fourth-order valence-corrected chi connectivity index (χ4v) is 14.4. The summed E-state index contributed by atoms with van der Waals surface area (Å²) in [6, 6.07) is 75.6. The van der Waals surface area contributed by atoms with E-state index in [0.717, 1.165) is 180 Å². The quantitative estimate of drug-likeness (QED) is 0.154. The van der Waals surface area contributed by atoms with Crippen molar-refractivity contribution in [2.45, 2.75) is 78.6 Å². The predicted octanol–water partition coefficient (Wildman–Crippen LogP) is 21.3. The second kappa shape index (κ2) is 21.7. The van der Waals surface area contributed by atoms with E-state index >= 15 is 0 Å². The van der Waals surface area contributed by atoms with E-state index in [4.69, 9.17) is 29.9 Å². The van der Waals surface area contributed by atoms with Crippen LogP contribution >= 0.6 is 47.8 Å². The standard InChI is InChI=1S/C78H57Br3N9.Ir/c1-76(2,3)73-85-67-55(25-16-28-58(67)79)70-82-61-40-43(31-34-64(61)88(70)73)49-19-10-13-22-52(49)46-37-47(53-23-14-11-20-50(53)44-32-35-65-62(41-44)83-71-56-26-17-29-59(80)68(56)86-74(89(65)71)77(4,5)6)39-48(38-46)54-24-15-12-21-51(54)45-33-36-66-63(42-45)84-72-57-27-18-30-60(81)69(57)87-75(90(66)72)78(7,8)9;/h10-24,28-42H,1-9H3;/q-3;+3. The molecule has 0 unspecified atom stereocenters. The van der Waals surface area contributed by atoms with Crippen LogP contribution in [0.5, 0.6) is 0 Å². The van der Waals surface area contributed by atoms with Gasteiger partial charge < -0.3 is 13.2 Å². The first-order valence-electron chi connectivity index (χ1n) is 30.2. The van der Waals surface area contributed by atoms with Gasteiger partial charge in [-0.05, 0) is 151 Å². The van der Waals surface area contributed by atoms with Crippen molar-refractivity contribution in [3.8, 4) is 66.8 Å². The van der Waals surface area contributed by atoms with E-state index in [1.54, 1.807) is 0 Å². The Labute approximate surface area is 565 Å². The molecule has 0 aliphatic rings. The third kappa shape index (κ3) is 9.67. The maximum absolute atomic E-state index is 5.40. The average Bonchev–Trinajstić information content (AvgIpc) is 2.07. The molecule has 6 aromatic heterocycles. The molecule has 13 heteroatoms. The maximum Gasteiger partial charge on any atom is 3.00 e. The van der Waals surface area contributed by atoms with Gasteiger partial charge in [-0.2, -0.15) is 0 Å². The summed E-state index contributed by atoms with van der Waals surface area (Å²) in [6.07, 6.45) is 0. The molecule has 444 valence electrons. The molecule has 0 saturated carbocycles. The number of nitrogens with zero attached hydrogens (tertiary/aromatic N) is 9. The molecule has 6 heterocycles. The average molecular weight is 1550 g/mol. The molecule has 0 spiro atoms. The van der Waals surface area contributed by atoms with Crippen LogP contribution in [0.1, 0.15) is 79.8 Å². The molecule has 10 aromatic carbocycles. The van der Waals surface area contributed by atoms with Gasteiger partial charge >= 0.3 is 20.1 Å². The number of hydrogen-bond donors (Lipinski definition) is 0. The van der Waals surface area contributed by atoms with E-state index in [0.29, 0.717) is 0 Å². The van der Waals surface area contributed by atoms with Crippen molar-refractivity contribution in [3.05, 3.63) is 231 Å². The van der Waals surface area contributed by atoms with E-state index in [1.807, 2.05) is 36.4 Å². The summed E-state index contributed by atoms with van der Waals surface area (Å²) in [4.78, 5) is 32.0. The van der Waals surface area contributed by atoms with Crippen molar-refractivity contribution in [3.63, 3.8) is 0 Å². The number of rotatable bonds is 6. The number of halogens is 3. The fourth-order valence-electron chi connectivity index (χ4n) is 13.2. The van der Waals surface area contributed by atoms with Crippen LogP contribution in [-0.2, 0) is 36.4 Å². The van der Waals surface area contributed by atoms with Crippen molar-refractivity contribution in [1.29, 1.82) is 0 Å². The molecular weight excluding hydrogens is 1490 g/mol.